The lowest BCUT2D eigenvalue weighted by Gasteiger charge is -2.07. The van der Waals surface area contributed by atoms with Crippen molar-refractivity contribution >= 4 is 11.6 Å². The van der Waals surface area contributed by atoms with Crippen LogP contribution in [-0.2, 0) is 12.6 Å². The van der Waals surface area contributed by atoms with Gasteiger partial charge in [0.25, 0.3) is 0 Å². The molecule has 19 heavy (non-hydrogen) atoms. The Morgan fingerprint density at radius 1 is 1.26 bits per heavy atom. The van der Waals surface area contributed by atoms with Gasteiger partial charge in [-0.1, -0.05) is 30.4 Å². The summed E-state index contributed by atoms with van der Waals surface area (Å²) < 4.78 is 37.6. The zero-order valence-corrected chi connectivity index (χ0v) is 11.2. The van der Waals surface area contributed by atoms with E-state index >= 15 is 0 Å². The Labute approximate surface area is 116 Å². The van der Waals surface area contributed by atoms with Crippen LogP contribution < -0.4 is 0 Å². The summed E-state index contributed by atoms with van der Waals surface area (Å²) >= 11 is 6.01. The minimum Gasteiger partial charge on any atom is -0.166 e. The molecule has 0 spiro atoms. The van der Waals surface area contributed by atoms with E-state index in [1.807, 2.05) is 6.08 Å². The molecule has 0 saturated heterocycles. The summed E-state index contributed by atoms with van der Waals surface area (Å²) in [5, 5.41) is 0.253. The first-order chi connectivity index (χ1) is 8.95. The van der Waals surface area contributed by atoms with E-state index < -0.39 is 11.7 Å². The second kappa shape index (κ2) is 6.00. The number of halogens is 4. The third kappa shape index (κ3) is 4.27. The fourth-order valence-electron chi connectivity index (χ4n) is 2.41. The number of alkyl halides is 4. The van der Waals surface area contributed by atoms with Gasteiger partial charge in [-0.25, -0.2) is 0 Å². The molecule has 104 valence electrons. The molecule has 2 atom stereocenters. The third-order valence-corrected chi connectivity index (χ3v) is 3.82. The van der Waals surface area contributed by atoms with Crippen molar-refractivity contribution in [2.24, 2.45) is 5.92 Å². The molecule has 2 rings (SSSR count). The Morgan fingerprint density at radius 2 is 2.05 bits per heavy atom. The smallest absolute Gasteiger partial charge is 0.166 e. The van der Waals surface area contributed by atoms with Crippen molar-refractivity contribution in [1.82, 2.24) is 0 Å². The topological polar surface area (TPSA) is 0 Å². The highest BCUT2D eigenvalue weighted by Crippen LogP contribution is 2.31. The molecule has 0 amide bonds. The highest BCUT2D eigenvalue weighted by Gasteiger charge is 2.30. The van der Waals surface area contributed by atoms with E-state index in [-0.39, 0.29) is 5.38 Å². The molecule has 0 aliphatic heterocycles. The van der Waals surface area contributed by atoms with Crippen molar-refractivity contribution in [2.45, 2.75) is 37.2 Å². The summed E-state index contributed by atoms with van der Waals surface area (Å²) in [6.45, 7) is 0. The van der Waals surface area contributed by atoms with Crippen LogP contribution in [0, 0.1) is 5.92 Å². The van der Waals surface area contributed by atoms with Crippen LogP contribution in [0.4, 0.5) is 13.2 Å². The molecule has 2 unspecified atom stereocenters. The normalized spacial score (nSPS) is 24.2. The second-order valence-electron chi connectivity index (χ2n) is 5.00. The number of allylic oxidation sites excluding steroid dienone is 2. The summed E-state index contributed by atoms with van der Waals surface area (Å²) in [6, 6.07) is 5.49. The maximum absolute atomic E-state index is 12.5. The molecule has 0 N–H and O–H groups in total. The lowest BCUT2D eigenvalue weighted by molar-refractivity contribution is -0.137. The van der Waals surface area contributed by atoms with Gasteiger partial charge in [0.2, 0.25) is 0 Å². The van der Waals surface area contributed by atoms with Gasteiger partial charge in [0.1, 0.15) is 0 Å². The van der Waals surface area contributed by atoms with Gasteiger partial charge in [0, 0.05) is 5.38 Å². The first-order valence-electron chi connectivity index (χ1n) is 6.42. The van der Waals surface area contributed by atoms with E-state index in [1.54, 1.807) is 6.07 Å². The number of hydrogen-bond acceptors (Lipinski definition) is 0. The van der Waals surface area contributed by atoms with Gasteiger partial charge >= 0.3 is 6.18 Å². The maximum atomic E-state index is 12.5. The van der Waals surface area contributed by atoms with Crippen LogP contribution in [-0.4, -0.2) is 5.38 Å². The van der Waals surface area contributed by atoms with Crippen LogP contribution in [0.5, 0.6) is 0 Å². The van der Waals surface area contributed by atoms with Gasteiger partial charge in [-0.15, -0.1) is 11.6 Å². The minimum absolute atomic E-state index is 0.253. The highest BCUT2D eigenvalue weighted by molar-refractivity contribution is 6.20. The molecule has 0 nitrogen and oxygen atoms in total. The van der Waals surface area contributed by atoms with Crippen LogP contribution in [0.3, 0.4) is 0 Å². The third-order valence-electron chi connectivity index (χ3n) is 3.43. The molecule has 4 heteroatoms. The lowest BCUT2D eigenvalue weighted by atomic mass is 10.0. The SMILES string of the molecule is FC(F)(F)c1cccc(CC=CC2CCC(Cl)C2)c1. The minimum atomic E-state index is -4.27. The van der Waals surface area contributed by atoms with E-state index in [2.05, 4.69) is 6.08 Å². The van der Waals surface area contributed by atoms with Crippen LogP contribution in [0.15, 0.2) is 36.4 Å². The predicted molar refractivity (Wildman–Crippen MR) is 71.3 cm³/mol. The number of benzene rings is 1. The van der Waals surface area contributed by atoms with E-state index in [0.717, 1.165) is 25.3 Å². The Kier molecular flexibility index (Phi) is 4.56. The summed E-state index contributed by atoms with van der Waals surface area (Å²) in [5.74, 6) is 0.480. The van der Waals surface area contributed by atoms with Gasteiger partial charge in [-0.2, -0.15) is 13.2 Å². The summed E-state index contributed by atoms with van der Waals surface area (Å²) in [4.78, 5) is 0. The molecular formula is C15H16ClF3. The van der Waals surface area contributed by atoms with Crippen molar-refractivity contribution in [3.8, 4) is 0 Å². The Bertz CT molecular complexity index is 451. The lowest BCUT2D eigenvalue weighted by Crippen LogP contribution is -2.05. The van der Waals surface area contributed by atoms with E-state index in [9.17, 15) is 13.2 Å². The average Bonchev–Trinajstić information content (AvgIpc) is 2.74. The van der Waals surface area contributed by atoms with Gasteiger partial charge in [-0.05, 0) is 43.2 Å². The molecule has 1 saturated carbocycles. The van der Waals surface area contributed by atoms with Crippen LogP contribution in [0.25, 0.3) is 0 Å². The zero-order chi connectivity index (χ0) is 13.9. The quantitative estimate of drug-likeness (QED) is 0.529. The van der Waals surface area contributed by atoms with Gasteiger partial charge in [0.05, 0.1) is 5.56 Å². The molecule has 1 aromatic carbocycles. The molecule has 1 aliphatic carbocycles. The first kappa shape index (κ1) is 14.4. The molecule has 1 aliphatic rings. The fraction of sp³-hybridized carbons (Fsp3) is 0.467. The van der Waals surface area contributed by atoms with Gasteiger partial charge in [0.15, 0.2) is 0 Å². The molecular weight excluding hydrogens is 273 g/mol. The maximum Gasteiger partial charge on any atom is 0.416 e. The summed E-state index contributed by atoms with van der Waals surface area (Å²) in [5.41, 5.74) is 0.103. The van der Waals surface area contributed by atoms with Crippen molar-refractivity contribution in [3.05, 3.63) is 47.5 Å². The van der Waals surface area contributed by atoms with E-state index in [1.165, 1.54) is 12.1 Å². The van der Waals surface area contributed by atoms with Crippen LogP contribution >= 0.6 is 11.6 Å². The zero-order valence-electron chi connectivity index (χ0n) is 10.5. The molecule has 0 heterocycles. The second-order valence-corrected chi connectivity index (χ2v) is 5.62. The largest absolute Gasteiger partial charge is 0.416 e. The Morgan fingerprint density at radius 3 is 2.68 bits per heavy atom. The van der Waals surface area contributed by atoms with E-state index in [0.29, 0.717) is 17.9 Å². The molecule has 0 bridgehead atoms. The molecule has 0 aromatic heterocycles. The van der Waals surface area contributed by atoms with Crippen LogP contribution in [0.1, 0.15) is 30.4 Å². The standard InChI is InChI=1S/C15H16ClF3/c16-14-8-7-12(10-14)4-1-3-11-5-2-6-13(9-11)15(17,18)19/h1-2,4-6,9,12,14H,3,7-8,10H2. The van der Waals surface area contributed by atoms with Crippen molar-refractivity contribution in [2.75, 3.05) is 0 Å². The van der Waals surface area contributed by atoms with Crippen molar-refractivity contribution in [1.29, 1.82) is 0 Å². The number of rotatable bonds is 3. The first-order valence-corrected chi connectivity index (χ1v) is 6.85. The average molecular weight is 289 g/mol. The molecule has 1 fully saturated rings. The van der Waals surface area contributed by atoms with E-state index in [4.69, 9.17) is 11.6 Å². The summed E-state index contributed by atoms with van der Waals surface area (Å²) in [7, 11) is 0. The van der Waals surface area contributed by atoms with Gasteiger partial charge < -0.3 is 0 Å². The highest BCUT2D eigenvalue weighted by atomic mass is 35.5. The van der Waals surface area contributed by atoms with Gasteiger partial charge in [-0.3, -0.25) is 0 Å². The fourth-order valence-corrected chi connectivity index (χ4v) is 2.76. The molecule has 1 aromatic rings. The summed E-state index contributed by atoms with van der Waals surface area (Å²) in [6.07, 6.45) is 3.39. The Hall–Kier alpha value is -0.960. The van der Waals surface area contributed by atoms with Crippen molar-refractivity contribution < 1.29 is 13.2 Å². The number of hydrogen-bond donors (Lipinski definition) is 0. The predicted octanol–water partition coefficient (Wildman–Crippen LogP) is 5.21. The monoisotopic (exact) mass is 288 g/mol. The van der Waals surface area contributed by atoms with Crippen molar-refractivity contribution in [3.63, 3.8) is 0 Å². The van der Waals surface area contributed by atoms with Crippen LogP contribution in [0.2, 0.25) is 0 Å². The molecule has 0 radical (unpaired) electrons. The Balaban J connectivity index is 1.94.